The molecule has 0 atom stereocenters. The lowest BCUT2D eigenvalue weighted by Crippen LogP contribution is -1.91. The van der Waals surface area contributed by atoms with E-state index in [0.717, 1.165) is 6.08 Å². The van der Waals surface area contributed by atoms with Crippen molar-refractivity contribution in [2.45, 2.75) is 0 Å². The van der Waals surface area contributed by atoms with E-state index in [4.69, 9.17) is 5.11 Å². The zero-order chi connectivity index (χ0) is 7.11. The molecule has 0 aromatic rings. The molecule has 3 nitrogen and oxygen atoms in total. The van der Waals surface area contributed by atoms with Gasteiger partial charge in [0, 0.05) is 6.08 Å². The first kappa shape index (κ1) is 8.10. The van der Waals surface area contributed by atoms with Gasteiger partial charge in [0.1, 0.15) is 0 Å². The molecule has 0 aromatic carbocycles. The summed E-state index contributed by atoms with van der Waals surface area (Å²) < 4.78 is 15.3. The minimum atomic E-state index is -1.06. The summed E-state index contributed by atoms with van der Waals surface area (Å²) in [5.41, 5.74) is 0. The van der Waals surface area contributed by atoms with Gasteiger partial charge in [0.05, 0.1) is 6.61 Å². The lowest BCUT2D eigenvalue weighted by Gasteiger charge is -1.87. The second kappa shape index (κ2) is 5.24. The quantitative estimate of drug-likeness (QED) is 0.451. The van der Waals surface area contributed by atoms with E-state index >= 15 is 0 Å². The Hall–Kier alpha value is -0.900. The van der Waals surface area contributed by atoms with Crippen molar-refractivity contribution in [1.82, 2.24) is 0 Å². The van der Waals surface area contributed by atoms with Crippen LogP contribution in [0.4, 0.5) is 4.39 Å². The Morgan fingerprint density at radius 3 is 2.89 bits per heavy atom. The minimum Gasteiger partial charge on any atom is -0.478 e. The van der Waals surface area contributed by atoms with Crippen LogP contribution in [0.2, 0.25) is 0 Å². The first-order valence-corrected chi connectivity index (χ1v) is 2.30. The number of ether oxygens (including phenoxy) is 1. The molecule has 0 unspecified atom stereocenters. The van der Waals surface area contributed by atoms with Crippen LogP contribution in [0.5, 0.6) is 0 Å². The van der Waals surface area contributed by atoms with Gasteiger partial charge in [-0.25, -0.2) is 9.18 Å². The fraction of sp³-hybridized carbons (Fsp3) is 0.400. The molecule has 4 heteroatoms. The maximum absolute atomic E-state index is 11.1. The summed E-state index contributed by atoms with van der Waals surface area (Å²) in [7, 11) is 0. The molecule has 0 spiro atoms. The molecule has 1 N–H and O–H groups in total. The first-order valence-electron chi connectivity index (χ1n) is 2.30. The van der Waals surface area contributed by atoms with Crippen molar-refractivity contribution in [3.63, 3.8) is 0 Å². The third-order valence-corrected chi connectivity index (χ3v) is 0.552. The summed E-state index contributed by atoms with van der Waals surface area (Å²) in [6.07, 6.45) is 2.12. The van der Waals surface area contributed by atoms with Crippen LogP contribution in [0, 0.1) is 0 Å². The number of carboxylic acid groups (broad SMARTS) is 1. The van der Waals surface area contributed by atoms with Crippen LogP contribution in [0.1, 0.15) is 0 Å². The monoisotopic (exact) mass is 134 g/mol. The van der Waals surface area contributed by atoms with Crippen LogP contribution >= 0.6 is 0 Å². The number of halogens is 1. The molecule has 0 radical (unpaired) electrons. The summed E-state index contributed by atoms with van der Waals surface area (Å²) in [5.74, 6) is -1.06. The highest BCUT2D eigenvalue weighted by molar-refractivity contribution is 5.79. The van der Waals surface area contributed by atoms with Gasteiger partial charge in [-0.15, -0.1) is 0 Å². The van der Waals surface area contributed by atoms with Gasteiger partial charge in [-0.05, 0) is 0 Å². The highest BCUT2D eigenvalue weighted by Gasteiger charge is 1.83. The molecular weight excluding hydrogens is 127 g/mol. The minimum absolute atomic E-state index is 0.00278. The van der Waals surface area contributed by atoms with Crippen molar-refractivity contribution in [3.05, 3.63) is 12.2 Å². The number of hydrogen-bond donors (Lipinski definition) is 1. The average molecular weight is 134 g/mol. The van der Waals surface area contributed by atoms with Gasteiger partial charge < -0.3 is 9.84 Å². The average Bonchev–Trinajstić information content (AvgIpc) is 1.80. The van der Waals surface area contributed by atoms with Gasteiger partial charge in [0.15, 0.2) is 6.86 Å². The van der Waals surface area contributed by atoms with Crippen LogP contribution in [-0.2, 0) is 9.53 Å². The van der Waals surface area contributed by atoms with Crippen molar-refractivity contribution < 1.29 is 19.0 Å². The van der Waals surface area contributed by atoms with Gasteiger partial charge >= 0.3 is 5.97 Å². The summed E-state index contributed by atoms with van der Waals surface area (Å²) >= 11 is 0. The topological polar surface area (TPSA) is 46.5 Å². The van der Waals surface area contributed by atoms with E-state index in [9.17, 15) is 9.18 Å². The Balaban J connectivity index is 3.15. The number of carboxylic acids is 1. The van der Waals surface area contributed by atoms with E-state index in [1.807, 2.05) is 0 Å². The molecule has 0 aliphatic carbocycles. The summed E-state index contributed by atoms with van der Waals surface area (Å²) in [6, 6.07) is 0. The highest BCUT2D eigenvalue weighted by atomic mass is 19.1. The highest BCUT2D eigenvalue weighted by Crippen LogP contribution is 1.77. The smallest absolute Gasteiger partial charge is 0.328 e. The molecule has 0 fully saturated rings. The molecule has 0 saturated carbocycles. The Kier molecular flexibility index (Phi) is 4.72. The molecule has 0 rings (SSSR count). The summed E-state index contributed by atoms with van der Waals surface area (Å²) in [6.45, 7) is -0.882. The third-order valence-electron chi connectivity index (χ3n) is 0.552. The molecule has 0 amide bonds. The van der Waals surface area contributed by atoms with Crippen molar-refractivity contribution in [2.75, 3.05) is 13.5 Å². The maximum Gasteiger partial charge on any atom is 0.328 e. The Morgan fingerprint density at radius 1 is 1.78 bits per heavy atom. The molecule has 0 heterocycles. The Morgan fingerprint density at radius 2 is 2.44 bits per heavy atom. The number of hydrogen-bond acceptors (Lipinski definition) is 2. The molecule has 52 valence electrons. The van der Waals surface area contributed by atoms with E-state index in [-0.39, 0.29) is 6.61 Å². The lowest BCUT2D eigenvalue weighted by atomic mass is 10.5. The van der Waals surface area contributed by atoms with Crippen LogP contribution in [0.3, 0.4) is 0 Å². The normalized spacial score (nSPS) is 10.3. The fourth-order valence-electron chi connectivity index (χ4n) is 0.262. The molecule has 9 heavy (non-hydrogen) atoms. The van der Waals surface area contributed by atoms with E-state index in [1.54, 1.807) is 0 Å². The molecule has 0 aromatic heterocycles. The zero-order valence-corrected chi connectivity index (χ0v) is 4.71. The Labute approximate surface area is 51.7 Å². The van der Waals surface area contributed by atoms with Crippen LogP contribution in [0.15, 0.2) is 12.2 Å². The number of aliphatic carboxylic acids is 1. The van der Waals surface area contributed by atoms with Gasteiger partial charge in [0.25, 0.3) is 0 Å². The number of alkyl halides is 1. The van der Waals surface area contributed by atoms with Crippen molar-refractivity contribution in [2.24, 2.45) is 0 Å². The van der Waals surface area contributed by atoms with Gasteiger partial charge in [-0.3, -0.25) is 0 Å². The molecular formula is C5H7FO3. The van der Waals surface area contributed by atoms with Crippen LogP contribution in [-0.4, -0.2) is 24.5 Å². The standard InChI is InChI=1S/C5H7FO3/c6-4-9-3-1-2-5(7)8/h1-2H,3-4H2,(H,7,8)/b2-1+. The summed E-state index contributed by atoms with van der Waals surface area (Å²) in [5, 5.41) is 7.98. The van der Waals surface area contributed by atoms with Gasteiger partial charge in [0.2, 0.25) is 0 Å². The second-order valence-electron chi connectivity index (χ2n) is 1.22. The predicted octanol–water partition coefficient (Wildman–Crippen LogP) is 0.571. The predicted molar refractivity (Wildman–Crippen MR) is 28.7 cm³/mol. The van der Waals surface area contributed by atoms with E-state index in [1.165, 1.54) is 6.08 Å². The molecule has 0 bridgehead atoms. The molecule has 0 aliphatic rings. The van der Waals surface area contributed by atoms with Crippen molar-refractivity contribution in [3.8, 4) is 0 Å². The van der Waals surface area contributed by atoms with Crippen LogP contribution < -0.4 is 0 Å². The second-order valence-corrected chi connectivity index (χ2v) is 1.22. The zero-order valence-electron chi connectivity index (χ0n) is 4.71. The summed E-state index contributed by atoms with van der Waals surface area (Å²) in [4.78, 5) is 9.73. The van der Waals surface area contributed by atoms with E-state index in [2.05, 4.69) is 4.74 Å². The van der Waals surface area contributed by atoms with Gasteiger partial charge in [-0.2, -0.15) is 0 Å². The van der Waals surface area contributed by atoms with E-state index < -0.39 is 12.8 Å². The number of rotatable bonds is 4. The largest absolute Gasteiger partial charge is 0.478 e. The maximum atomic E-state index is 11.1. The van der Waals surface area contributed by atoms with E-state index in [0.29, 0.717) is 0 Å². The third kappa shape index (κ3) is 7.10. The Bertz CT molecular complexity index is 111. The van der Waals surface area contributed by atoms with Crippen molar-refractivity contribution >= 4 is 5.97 Å². The first-order chi connectivity index (χ1) is 4.27. The number of carbonyl (C=O) groups is 1. The molecule has 0 saturated heterocycles. The van der Waals surface area contributed by atoms with Crippen molar-refractivity contribution in [1.29, 1.82) is 0 Å². The SMILES string of the molecule is O=C(O)/C=C/COCF. The van der Waals surface area contributed by atoms with Gasteiger partial charge in [-0.1, -0.05) is 6.08 Å². The lowest BCUT2D eigenvalue weighted by molar-refractivity contribution is -0.131. The fourth-order valence-corrected chi connectivity index (χ4v) is 0.262. The van der Waals surface area contributed by atoms with Crippen LogP contribution in [0.25, 0.3) is 0 Å². The molecule has 0 aliphatic heterocycles.